The van der Waals surface area contributed by atoms with Gasteiger partial charge in [-0.15, -0.1) is 0 Å². The van der Waals surface area contributed by atoms with E-state index in [0.717, 1.165) is 42.9 Å². The van der Waals surface area contributed by atoms with Crippen LogP contribution in [-0.2, 0) is 91.9 Å². The Bertz CT molecular complexity index is 3270. The van der Waals surface area contributed by atoms with E-state index in [4.69, 9.17) is 37.3 Å². The molecule has 0 aromatic heterocycles. The molecule has 12 aliphatic carbocycles. The van der Waals surface area contributed by atoms with E-state index in [1.807, 2.05) is 96.9 Å². The number of rotatable bonds is 12. The van der Waals surface area contributed by atoms with Gasteiger partial charge in [-0.2, -0.15) is 8.42 Å². The molecule has 17 nitrogen and oxygen atoms in total. The number of esters is 7. The molecule has 15 unspecified atom stereocenters. The molecule has 0 N–H and O–H groups in total. The highest BCUT2D eigenvalue weighted by Gasteiger charge is 2.65. The average Bonchev–Trinajstić information content (AvgIpc) is 1.45. The van der Waals surface area contributed by atoms with Crippen LogP contribution in [0.4, 0.5) is 0 Å². The summed E-state index contributed by atoms with van der Waals surface area (Å²) in [5.41, 5.74) is 1.84. The first-order valence-electron chi connectivity index (χ1n) is 38.4. The Morgan fingerprint density at radius 1 is 0.455 bits per heavy atom. The minimum Gasteiger partial charge on any atom is -0.465 e. The van der Waals surface area contributed by atoms with Crippen molar-refractivity contribution in [1.29, 1.82) is 0 Å². The molecule has 15 atom stereocenters. The molecule has 15 aliphatic rings. The summed E-state index contributed by atoms with van der Waals surface area (Å²) in [6, 6.07) is 22.2. The highest BCUT2D eigenvalue weighted by Crippen LogP contribution is 2.68. The number of hydrogen-bond acceptors (Lipinski definition) is 17. The fourth-order valence-corrected chi connectivity index (χ4v) is 22.7. The molecular formula is C83H122O17S. The minimum atomic E-state index is -3.37. The average molecular weight is 1420 g/mol. The van der Waals surface area contributed by atoms with E-state index in [-0.39, 0.29) is 113 Å². The Morgan fingerprint density at radius 2 is 0.832 bits per heavy atom. The van der Waals surface area contributed by atoms with Gasteiger partial charge in [0, 0.05) is 34.5 Å². The van der Waals surface area contributed by atoms with E-state index in [1.165, 1.54) is 88.2 Å². The van der Waals surface area contributed by atoms with Crippen molar-refractivity contribution in [2.24, 2.45) is 109 Å². The molecule has 101 heavy (non-hydrogen) atoms. The lowest BCUT2D eigenvalue weighted by atomic mass is 9.43. The second-order valence-corrected chi connectivity index (χ2v) is 40.1. The quantitative estimate of drug-likeness (QED) is 0.109. The van der Waals surface area contributed by atoms with E-state index in [9.17, 15) is 42.0 Å². The molecule has 17 rings (SSSR count). The Balaban J connectivity index is 0.000000137. The van der Waals surface area contributed by atoms with E-state index >= 15 is 0 Å². The summed E-state index contributed by atoms with van der Waals surface area (Å²) in [4.78, 5) is 82.1. The Labute approximate surface area is 603 Å². The molecule has 3 heterocycles. The number of ether oxygens (including phenoxy) is 7. The highest BCUT2D eigenvalue weighted by atomic mass is 32.2. The number of benzene rings is 2. The normalized spacial score (nSPS) is 36.2. The second-order valence-electron chi connectivity index (χ2n) is 38.3. The summed E-state index contributed by atoms with van der Waals surface area (Å²) in [5.74, 6) is 3.67. The molecule has 2 aromatic rings. The number of carbonyl (C=O) groups excluding carboxylic acids is 7. The number of carbonyl (C=O) groups is 7. The molecule has 0 radical (unpaired) electrons. The molecule has 0 amide bonds. The number of cyclic esters (lactones) is 1. The van der Waals surface area contributed by atoms with Crippen LogP contribution >= 0.6 is 0 Å². The fourth-order valence-electron chi connectivity index (χ4n) is 20.8. The van der Waals surface area contributed by atoms with Crippen LogP contribution in [0.5, 0.6) is 0 Å². The molecule has 15 fully saturated rings. The van der Waals surface area contributed by atoms with Gasteiger partial charge >= 0.3 is 41.8 Å². The molecular weight excluding hydrogens is 1300 g/mol. The lowest BCUT2D eigenvalue weighted by Gasteiger charge is -2.62. The maximum Gasteiger partial charge on any atom is 0.312 e. The highest BCUT2D eigenvalue weighted by molar-refractivity contribution is 7.87. The molecule has 562 valence electrons. The van der Waals surface area contributed by atoms with Crippen LogP contribution in [0.3, 0.4) is 0 Å². The first-order chi connectivity index (χ1) is 47.1. The molecule has 2 aromatic carbocycles. The zero-order chi connectivity index (χ0) is 73.8. The predicted molar refractivity (Wildman–Crippen MR) is 383 cm³/mol. The van der Waals surface area contributed by atoms with Crippen molar-refractivity contribution < 1.29 is 79.3 Å². The molecule has 3 aliphatic heterocycles. The lowest BCUT2D eigenvalue weighted by molar-refractivity contribution is -0.166. The van der Waals surface area contributed by atoms with Crippen LogP contribution in [-0.4, -0.2) is 107 Å². The zero-order valence-corrected chi connectivity index (χ0v) is 64.9. The topological polar surface area (TPSA) is 227 Å². The SMILES string of the molecule is CC.CC(C)(C)C(=O)OCC12CC3CC(C1)CC(c1ccccc1)(C3)C2.CC(C)(C)C(=O)OCC12CC3CC(C1)CC(c1ccccc1)(C3)C2.CC(C)(C)C(=O)OCC1C2CC3C(=O)OC1C3C2.CC(C)(C)C(=O)OCC1C2CC3C1OS(=O)(=O)C3C2.CC(C)(C)C(=O)OCC1CCOC1=O. The van der Waals surface area contributed by atoms with Crippen molar-refractivity contribution in [2.75, 3.05) is 39.6 Å². The Kier molecular flexibility index (Phi) is 22.9. The summed E-state index contributed by atoms with van der Waals surface area (Å²) < 4.78 is 66.5. The van der Waals surface area contributed by atoms with Gasteiger partial charge in [0.2, 0.25) is 0 Å². The number of hydrogen-bond donors (Lipinski definition) is 0. The van der Waals surface area contributed by atoms with E-state index in [2.05, 4.69) is 60.7 Å². The van der Waals surface area contributed by atoms with Crippen LogP contribution in [0.15, 0.2) is 60.7 Å². The van der Waals surface area contributed by atoms with Crippen LogP contribution in [0.25, 0.3) is 0 Å². The van der Waals surface area contributed by atoms with Crippen molar-refractivity contribution in [3.8, 4) is 0 Å². The summed E-state index contributed by atoms with van der Waals surface area (Å²) in [6.07, 6.45) is 19.5. The monoisotopic (exact) mass is 1420 g/mol. The molecule has 12 bridgehead atoms. The van der Waals surface area contributed by atoms with Gasteiger partial charge < -0.3 is 33.2 Å². The van der Waals surface area contributed by atoms with E-state index in [0.29, 0.717) is 67.9 Å². The molecule has 18 heteroatoms. The van der Waals surface area contributed by atoms with Crippen LogP contribution in [0, 0.1) is 109 Å². The van der Waals surface area contributed by atoms with Gasteiger partial charge in [0.15, 0.2) is 0 Å². The van der Waals surface area contributed by atoms with Crippen LogP contribution in [0.2, 0.25) is 0 Å². The lowest BCUT2D eigenvalue weighted by Crippen LogP contribution is -2.55. The van der Waals surface area contributed by atoms with Crippen molar-refractivity contribution in [3.63, 3.8) is 0 Å². The van der Waals surface area contributed by atoms with E-state index < -0.39 is 37.2 Å². The summed E-state index contributed by atoms with van der Waals surface area (Å²) in [5, 5.41) is -0.308. The number of fused-ring (bicyclic) bond motifs is 2. The van der Waals surface area contributed by atoms with Gasteiger partial charge in [0.05, 0.1) is 83.3 Å². The molecule has 0 spiro atoms. The van der Waals surface area contributed by atoms with Gasteiger partial charge in [0.25, 0.3) is 10.1 Å². The summed E-state index contributed by atoms with van der Waals surface area (Å²) in [6.45, 7) is 34.5. The van der Waals surface area contributed by atoms with Crippen molar-refractivity contribution in [2.45, 2.75) is 255 Å². The van der Waals surface area contributed by atoms with Crippen LogP contribution in [0.1, 0.15) is 238 Å². The van der Waals surface area contributed by atoms with Crippen molar-refractivity contribution in [1.82, 2.24) is 0 Å². The van der Waals surface area contributed by atoms with Crippen molar-refractivity contribution >= 4 is 51.9 Å². The smallest absolute Gasteiger partial charge is 0.312 e. The van der Waals surface area contributed by atoms with Crippen molar-refractivity contribution in [3.05, 3.63) is 71.8 Å². The standard InChI is InChI=1S/2C22H30O2.C14H20O4.C13H20O5S.C10H16O4.C2H6/c2*1-20(2,3)19(23)24-15-21-10-16-9-17(11-21)13-22(12-16,14-21)18-7-5-4-6-8-18;1-14(2,3)13(16)17-6-10-7-4-8-9(5-7)12(15)18-11(8)10;1-13(2,3)12(14)17-6-9-7-4-8-10(5-7)19(15,16)18-11(8)9;1-10(2,3)9(12)14-6-7-4-5-13-8(7)11;1-2/h2*4-8,16-17H,9-15H2,1-3H3;7-11H,4-6H2,1-3H3;7-11H,4-6H2,1-3H3;7H,4-6H2,1-3H3;1-2H3. The van der Waals surface area contributed by atoms with Gasteiger partial charge in [-0.25, -0.2) is 0 Å². The first-order valence-corrected chi connectivity index (χ1v) is 39.8. The van der Waals surface area contributed by atoms with Gasteiger partial charge in [-0.1, -0.05) is 74.5 Å². The first kappa shape index (κ1) is 78.2. The Hall–Kier alpha value is -5.36. The predicted octanol–water partition coefficient (Wildman–Crippen LogP) is 15.5. The Morgan fingerprint density at radius 3 is 1.23 bits per heavy atom. The summed E-state index contributed by atoms with van der Waals surface area (Å²) in [7, 11) is -3.37. The maximum atomic E-state index is 12.3. The van der Waals surface area contributed by atoms with Gasteiger partial charge in [-0.05, 0) is 270 Å². The van der Waals surface area contributed by atoms with E-state index in [1.54, 1.807) is 20.8 Å². The zero-order valence-electron chi connectivity index (χ0n) is 64.0. The largest absolute Gasteiger partial charge is 0.465 e. The maximum absolute atomic E-state index is 12.3. The third kappa shape index (κ3) is 17.3. The third-order valence-electron chi connectivity index (χ3n) is 24.8. The fraction of sp³-hybridized carbons (Fsp3) is 0.771. The van der Waals surface area contributed by atoms with Crippen LogP contribution < -0.4 is 0 Å². The van der Waals surface area contributed by atoms with Gasteiger partial charge in [-0.3, -0.25) is 37.7 Å². The third-order valence-corrected chi connectivity index (χ3v) is 26.6. The minimum absolute atomic E-state index is 0.00835. The second kappa shape index (κ2) is 29.5. The molecule has 3 saturated heterocycles. The summed E-state index contributed by atoms with van der Waals surface area (Å²) >= 11 is 0. The van der Waals surface area contributed by atoms with Gasteiger partial charge in [0.1, 0.15) is 12.7 Å². The molecule has 12 saturated carbocycles.